The Bertz CT molecular complexity index is 1030. The summed E-state index contributed by atoms with van der Waals surface area (Å²) in [6.45, 7) is 2.03. The number of hydrogen-bond acceptors (Lipinski definition) is 8. The van der Waals surface area contributed by atoms with Crippen LogP contribution in [0.4, 0.5) is 5.69 Å². The van der Waals surface area contributed by atoms with Crippen LogP contribution < -0.4 is 14.8 Å². The minimum atomic E-state index is -0.540. The van der Waals surface area contributed by atoms with E-state index < -0.39 is 6.23 Å². The number of aromatic nitrogens is 3. The largest absolute Gasteiger partial charge is 0.504 e. The molecule has 1 aromatic heterocycles. The third-order valence-electron chi connectivity index (χ3n) is 4.18. The monoisotopic (exact) mass is 508 g/mol. The van der Waals surface area contributed by atoms with E-state index in [2.05, 4.69) is 43.1 Å². The van der Waals surface area contributed by atoms with Crippen LogP contribution in [0.1, 0.15) is 18.7 Å². The Hall–Kier alpha value is -2.27. The Labute approximate surface area is 180 Å². The molecule has 2 aromatic carbocycles. The summed E-state index contributed by atoms with van der Waals surface area (Å²) in [5, 5.41) is 22.7. The van der Waals surface area contributed by atoms with Crippen LogP contribution in [0.15, 0.2) is 41.6 Å². The fraction of sp³-hybridized carbons (Fsp3) is 0.211. The van der Waals surface area contributed by atoms with Crippen molar-refractivity contribution in [3.63, 3.8) is 0 Å². The van der Waals surface area contributed by atoms with E-state index in [0.29, 0.717) is 26.1 Å². The van der Waals surface area contributed by atoms with Crippen LogP contribution in [-0.4, -0.2) is 33.2 Å². The van der Waals surface area contributed by atoms with Gasteiger partial charge in [0.1, 0.15) is 0 Å². The second-order valence-corrected chi connectivity index (χ2v) is 8.32. The predicted octanol–water partition coefficient (Wildman–Crippen LogP) is 4.47. The SMILES string of the molecule is CCSc1nnc2c(n1)O[C@@H](c1cc(I)c(O)c(OC)c1)Nc1ccccc1-2. The summed E-state index contributed by atoms with van der Waals surface area (Å²) in [6, 6.07) is 11.4. The first-order valence-corrected chi connectivity index (χ1v) is 10.6. The molecule has 0 fully saturated rings. The molecule has 7 nitrogen and oxygen atoms in total. The zero-order valence-corrected chi connectivity index (χ0v) is 18.1. The first-order chi connectivity index (χ1) is 13.6. The first kappa shape index (κ1) is 19.1. The quantitative estimate of drug-likeness (QED) is 0.394. The predicted molar refractivity (Wildman–Crippen MR) is 116 cm³/mol. The highest BCUT2D eigenvalue weighted by atomic mass is 127. The van der Waals surface area contributed by atoms with Crippen molar-refractivity contribution in [3.8, 4) is 28.6 Å². The van der Waals surface area contributed by atoms with E-state index in [1.165, 1.54) is 18.9 Å². The number of aromatic hydroxyl groups is 1. The van der Waals surface area contributed by atoms with Crippen LogP contribution in [0.3, 0.4) is 0 Å². The van der Waals surface area contributed by atoms with E-state index in [0.717, 1.165) is 22.6 Å². The summed E-state index contributed by atoms with van der Waals surface area (Å²) in [6.07, 6.45) is -0.540. The summed E-state index contributed by atoms with van der Waals surface area (Å²) in [5.74, 6) is 1.74. The second kappa shape index (κ2) is 8.00. The zero-order chi connectivity index (χ0) is 19.7. The highest BCUT2D eigenvalue weighted by Crippen LogP contribution is 2.41. The number of nitrogens with one attached hydrogen (secondary N) is 1. The molecule has 4 rings (SSSR count). The average molecular weight is 508 g/mol. The number of para-hydroxylation sites is 1. The number of phenolic OH excluding ortho intramolecular Hbond substituents is 1. The number of ether oxygens (including phenoxy) is 2. The number of hydrogen-bond donors (Lipinski definition) is 2. The number of nitrogens with zero attached hydrogens (tertiary/aromatic N) is 3. The van der Waals surface area contributed by atoms with Gasteiger partial charge in [0.2, 0.25) is 11.0 Å². The second-order valence-electron chi connectivity index (χ2n) is 5.92. The number of rotatable bonds is 4. The van der Waals surface area contributed by atoms with Crippen LogP contribution >= 0.6 is 34.4 Å². The number of benzene rings is 2. The Morgan fingerprint density at radius 2 is 2.11 bits per heavy atom. The molecule has 1 aliphatic rings. The van der Waals surface area contributed by atoms with Crippen molar-refractivity contribution in [2.75, 3.05) is 18.2 Å². The van der Waals surface area contributed by atoms with Crippen molar-refractivity contribution in [1.29, 1.82) is 0 Å². The number of thioether (sulfide) groups is 1. The van der Waals surface area contributed by atoms with Crippen molar-refractivity contribution in [1.82, 2.24) is 15.2 Å². The fourth-order valence-corrected chi connectivity index (χ4v) is 4.02. The highest BCUT2D eigenvalue weighted by Gasteiger charge is 2.27. The molecule has 0 saturated carbocycles. The maximum atomic E-state index is 10.2. The Morgan fingerprint density at radius 3 is 2.89 bits per heavy atom. The molecule has 3 aromatic rings. The smallest absolute Gasteiger partial charge is 0.247 e. The summed E-state index contributed by atoms with van der Waals surface area (Å²) < 4.78 is 12.2. The molecule has 9 heteroatoms. The van der Waals surface area contributed by atoms with Gasteiger partial charge in [0.15, 0.2) is 23.4 Å². The van der Waals surface area contributed by atoms with Gasteiger partial charge in [0, 0.05) is 16.8 Å². The minimum Gasteiger partial charge on any atom is -0.504 e. The van der Waals surface area contributed by atoms with Crippen LogP contribution in [-0.2, 0) is 0 Å². The number of anilines is 1. The van der Waals surface area contributed by atoms with Crippen LogP contribution in [0.2, 0.25) is 0 Å². The van der Waals surface area contributed by atoms with Gasteiger partial charge in [0.05, 0.1) is 10.7 Å². The average Bonchev–Trinajstić information content (AvgIpc) is 2.86. The molecule has 0 saturated heterocycles. The van der Waals surface area contributed by atoms with Crippen LogP contribution in [0, 0.1) is 3.57 Å². The van der Waals surface area contributed by atoms with Crippen molar-refractivity contribution in [2.24, 2.45) is 0 Å². The first-order valence-electron chi connectivity index (χ1n) is 8.57. The molecule has 2 N–H and O–H groups in total. The molecule has 28 heavy (non-hydrogen) atoms. The number of phenols is 1. The summed E-state index contributed by atoms with van der Waals surface area (Å²) in [5.41, 5.74) is 3.12. The molecular formula is C19H17IN4O3S. The molecule has 1 aliphatic heterocycles. The lowest BCUT2D eigenvalue weighted by Crippen LogP contribution is -2.17. The maximum absolute atomic E-state index is 10.2. The molecule has 0 aliphatic carbocycles. The van der Waals surface area contributed by atoms with Crippen molar-refractivity contribution in [2.45, 2.75) is 18.3 Å². The molecule has 2 heterocycles. The summed E-state index contributed by atoms with van der Waals surface area (Å²) in [4.78, 5) is 4.56. The van der Waals surface area contributed by atoms with Gasteiger partial charge in [-0.2, -0.15) is 4.98 Å². The van der Waals surface area contributed by atoms with E-state index in [4.69, 9.17) is 9.47 Å². The normalized spacial score (nSPS) is 14.9. The van der Waals surface area contributed by atoms with E-state index in [1.54, 1.807) is 6.07 Å². The fourth-order valence-electron chi connectivity index (χ4n) is 2.89. The standard InChI is InChI=1S/C19H17IN4O3S/c1-3-28-19-22-18-15(23-24-19)11-6-4-5-7-13(11)21-17(27-18)10-8-12(20)16(25)14(9-10)26-2/h4-9,17,21,25H,3H2,1-2H3/t17-/m0/s1. The van der Waals surface area contributed by atoms with E-state index >= 15 is 0 Å². The summed E-state index contributed by atoms with van der Waals surface area (Å²) >= 11 is 3.57. The van der Waals surface area contributed by atoms with Gasteiger partial charge in [-0.1, -0.05) is 36.9 Å². The van der Waals surface area contributed by atoms with Gasteiger partial charge in [-0.25, -0.2) is 0 Å². The highest BCUT2D eigenvalue weighted by molar-refractivity contribution is 14.1. The zero-order valence-electron chi connectivity index (χ0n) is 15.1. The van der Waals surface area contributed by atoms with Crippen molar-refractivity contribution >= 4 is 40.0 Å². The number of methoxy groups -OCH3 is 1. The molecular weight excluding hydrogens is 491 g/mol. The third-order valence-corrected chi connectivity index (χ3v) is 5.72. The minimum absolute atomic E-state index is 0.104. The van der Waals surface area contributed by atoms with Crippen molar-refractivity contribution in [3.05, 3.63) is 45.5 Å². The molecule has 144 valence electrons. The van der Waals surface area contributed by atoms with Crippen LogP contribution in [0.25, 0.3) is 11.3 Å². The molecule has 0 radical (unpaired) electrons. The molecule has 0 spiro atoms. The molecule has 1 atom stereocenters. The third kappa shape index (κ3) is 3.55. The number of fused-ring (bicyclic) bond motifs is 3. The topological polar surface area (TPSA) is 89.4 Å². The Kier molecular flexibility index (Phi) is 5.44. The summed E-state index contributed by atoms with van der Waals surface area (Å²) in [7, 11) is 1.52. The van der Waals surface area contributed by atoms with E-state index in [-0.39, 0.29) is 5.75 Å². The van der Waals surface area contributed by atoms with Gasteiger partial charge in [0.25, 0.3) is 0 Å². The maximum Gasteiger partial charge on any atom is 0.247 e. The van der Waals surface area contributed by atoms with Gasteiger partial charge >= 0.3 is 0 Å². The van der Waals surface area contributed by atoms with Crippen molar-refractivity contribution < 1.29 is 14.6 Å². The lowest BCUT2D eigenvalue weighted by molar-refractivity contribution is 0.224. The van der Waals surface area contributed by atoms with Gasteiger partial charge in [-0.05, 0) is 46.5 Å². The molecule has 0 unspecified atom stereocenters. The lowest BCUT2D eigenvalue weighted by Gasteiger charge is -2.20. The molecule has 0 bridgehead atoms. The lowest BCUT2D eigenvalue weighted by atomic mass is 10.1. The van der Waals surface area contributed by atoms with Gasteiger partial charge < -0.3 is 19.9 Å². The number of halogens is 1. The molecule has 0 amide bonds. The van der Waals surface area contributed by atoms with Crippen LogP contribution in [0.5, 0.6) is 17.4 Å². The van der Waals surface area contributed by atoms with Gasteiger partial charge in [-0.3, -0.25) is 0 Å². The van der Waals surface area contributed by atoms with E-state index in [1.807, 2.05) is 37.3 Å². The Morgan fingerprint density at radius 1 is 1.29 bits per heavy atom. The Balaban J connectivity index is 1.84. The van der Waals surface area contributed by atoms with E-state index in [9.17, 15) is 5.11 Å². The van der Waals surface area contributed by atoms with Gasteiger partial charge in [-0.15, -0.1) is 10.2 Å².